The third-order valence-electron chi connectivity index (χ3n) is 4.24. The molecule has 7 nitrogen and oxygen atoms in total. The highest BCUT2D eigenvalue weighted by atomic mass is 35.5. The lowest BCUT2D eigenvalue weighted by molar-refractivity contribution is 0.102. The predicted octanol–water partition coefficient (Wildman–Crippen LogP) is 2.73. The first-order valence-electron chi connectivity index (χ1n) is 7.85. The number of amides is 1. The van der Waals surface area contributed by atoms with Gasteiger partial charge in [-0.05, 0) is 24.3 Å². The lowest BCUT2D eigenvalue weighted by Crippen LogP contribution is -2.26. The summed E-state index contributed by atoms with van der Waals surface area (Å²) in [6.07, 6.45) is 0. The molecule has 2 aromatic carbocycles. The van der Waals surface area contributed by atoms with E-state index in [1.807, 2.05) is 6.07 Å². The maximum absolute atomic E-state index is 12.8. The number of benzene rings is 2. The van der Waals surface area contributed by atoms with E-state index in [0.29, 0.717) is 27.3 Å². The number of aromatic nitrogens is 4. The van der Waals surface area contributed by atoms with Crippen molar-refractivity contribution in [1.82, 2.24) is 19.3 Å². The van der Waals surface area contributed by atoms with Crippen molar-refractivity contribution in [1.29, 1.82) is 0 Å². The molecule has 1 amide bonds. The lowest BCUT2D eigenvalue weighted by Gasteiger charge is -2.08. The second-order valence-electron chi connectivity index (χ2n) is 5.90. The van der Waals surface area contributed by atoms with Crippen LogP contribution in [0, 0.1) is 0 Å². The minimum atomic E-state index is -0.443. The molecule has 0 aliphatic heterocycles. The molecule has 0 atom stereocenters. The quantitative estimate of drug-likeness (QED) is 0.590. The first-order chi connectivity index (χ1) is 12.5. The van der Waals surface area contributed by atoms with Crippen LogP contribution in [-0.4, -0.2) is 25.2 Å². The van der Waals surface area contributed by atoms with Gasteiger partial charge < -0.3 is 4.57 Å². The number of carbonyl (C=O) groups excluding carboxylic acids is 1. The van der Waals surface area contributed by atoms with Crippen molar-refractivity contribution in [3.05, 3.63) is 63.5 Å². The molecule has 0 saturated heterocycles. The highest BCUT2D eigenvalue weighted by Crippen LogP contribution is 2.22. The number of anilines is 1. The van der Waals surface area contributed by atoms with Gasteiger partial charge in [0.2, 0.25) is 5.95 Å². The molecule has 0 radical (unpaired) electrons. The van der Waals surface area contributed by atoms with Crippen molar-refractivity contribution in [2.75, 3.05) is 5.32 Å². The van der Waals surface area contributed by atoms with E-state index in [4.69, 9.17) is 11.6 Å². The monoisotopic (exact) mass is 367 g/mol. The Bertz CT molecular complexity index is 1240. The van der Waals surface area contributed by atoms with E-state index >= 15 is 0 Å². The normalized spacial score (nSPS) is 11.2. The second-order valence-corrected chi connectivity index (χ2v) is 6.34. The molecule has 2 heterocycles. The van der Waals surface area contributed by atoms with Crippen molar-refractivity contribution in [2.45, 2.75) is 0 Å². The largest absolute Gasteiger partial charge is 0.313 e. The number of halogens is 1. The van der Waals surface area contributed by atoms with E-state index < -0.39 is 5.91 Å². The Morgan fingerprint density at radius 2 is 1.85 bits per heavy atom. The van der Waals surface area contributed by atoms with Crippen LogP contribution in [0.4, 0.5) is 5.95 Å². The Balaban J connectivity index is 1.80. The van der Waals surface area contributed by atoms with Crippen LogP contribution < -0.4 is 10.9 Å². The minimum Gasteiger partial charge on any atom is -0.313 e. The Labute approximate surface area is 152 Å². The van der Waals surface area contributed by atoms with Crippen LogP contribution >= 0.6 is 11.6 Å². The van der Waals surface area contributed by atoms with E-state index in [2.05, 4.69) is 15.4 Å². The van der Waals surface area contributed by atoms with E-state index in [1.165, 1.54) is 7.05 Å². The Hall–Kier alpha value is -3.19. The van der Waals surface area contributed by atoms with Crippen molar-refractivity contribution in [2.24, 2.45) is 14.1 Å². The fourth-order valence-electron chi connectivity index (χ4n) is 2.91. The highest BCUT2D eigenvalue weighted by Gasteiger charge is 2.18. The summed E-state index contributed by atoms with van der Waals surface area (Å²) in [5.41, 5.74) is 1.42. The number of aryl methyl sites for hydroxylation is 2. The topological polar surface area (TPSA) is 81.8 Å². The summed E-state index contributed by atoms with van der Waals surface area (Å²) in [4.78, 5) is 29.4. The molecule has 0 saturated carbocycles. The van der Waals surface area contributed by atoms with Gasteiger partial charge in [0.25, 0.3) is 11.5 Å². The zero-order chi connectivity index (χ0) is 18.4. The molecule has 0 fully saturated rings. The third kappa shape index (κ3) is 2.53. The highest BCUT2D eigenvalue weighted by molar-refractivity contribution is 6.31. The standard InChI is InChI=1S/C18H14ClN5O2/c1-23-14-8-7-10(19)9-13(14)20-18(23)21-16(25)15-11-5-3-4-6-12(11)17(26)24(2)22-15/h3-9H,1-2H3,(H,20,21,25). The molecule has 0 aliphatic carbocycles. The Kier molecular flexibility index (Phi) is 3.73. The first-order valence-corrected chi connectivity index (χ1v) is 8.23. The maximum atomic E-state index is 12.8. The van der Waals surface area contributed by atoms with Gasteiger partial charge in [0, 0.05) is 24.5 Å². The molecule has 130 valence electrons. The van der Waals surface area contributed by atoms with E-state index in [1.54, 1.807) is 48.0 Å². The lowest BCUT2D eigenvalue weighted by atomic mass is 10.1. The van der Waals surface area contributed by atoms with Gasteiger partial charge in [0.15, 0.2) is 5.69 Å². The van der Waals surface area contributed by atoms with Gasteiger partial charge in [-0.2, -0.15) is 5.10 Å². The molecular weight excluding hydrogens is 354 g/mol. The molecule has 1 N–H and O–H groups in total. The molecule has 8 heteroatoms. The van der Waals surface area contributed by atoms with Gasteiger partial charge in [-0.25, -0.2) is 9.67 Å². The van der Waals surface area contributed by atoms with Gasteiger partial charge >= 0.3 is 0 Å². The Morgan fingerprint density at radius 1 is 1.12 bits per heavy atom. The van der Waals surface area contributed by atoms with Crippen molar-refractivity contribution in [3.8, 4) is 0 Å². The number of imidazole rings is 1. The second kappa shape index (κ2) is 5.96. The fraction of sp³-hybridized carbons (Fsp3) is 0.111. The smallest absolute Gasteiger partial charge is 0.279 e. The van der Waals surface area contributed by atoms with Gasteiger partial charge in [-0.3, -0.25) is 14.9 Å². The summed E-state index contributed by atoms with van der Waals surface area (Å²) >= 11 is 6.00. The number of carbonyl (C=O) groups is 1. The van der Waals surface area contributed by atoms with Gasteiger partial charge in [-0.1, -0.05) is 29.8 Å². The number of nitrogens with one attached hydrogen (secondary N) is 1. The van der Waals surface area contributed by atoms with Gasteiger partial charge in [0.1, 0.15) is 0 Å². The van der Waals surface area contributed by atoms with Crippen LogP contribution in [0.3, 0.4) is 0 Å². The number of fused-ring (bicyclic) bond motifs is 2. The first kappa shape index (κ1) is 16.3. The summed E-state index contributed by atoms with van der Waals surface area (Å²) in [6.45, 7) is 0. The van der Waals surface area contributed by atoms with Crippen molar-refractivity contribution >= 4 is 45.3 Å². The SMILES string of the molecule is Cn1nc(C(=O)Nc2nc3cc(Cl)ccc3n2C)c2ccccc2c1=O. The van der Waals surface area contributed by atoms with Crippen LogP contribution in [-0.2, 0) is 14.1 Å². The molecule has 0 unspecified atom stereocenters. The van der Waals surface area contributed by atoms with Gasteiger partial charge in [-0.15, -0.1) is 0 Å². The molecule has 4 aromatic rings. The minimum absolute atomic E-state index is 0.160. The maximum Gasteiger partial charge on any atom is 0.279 e. The average molecular weight is 368 g/mol. The van der Waals surface area contributed by atoms with Crippen LogP contribution in [0.25, 0.3) is 21.8 Å². The molecule has 26 heavy (non-hydrogen) atoms. The van der Waals surface area contributed by atoms with Gasteiger partial charge in [0.05, 0.1) is 16.4 Å². The molecule has 0 aliphatic rings. The summed E-state index contributed by atoms with van der Waals surface area (Å²) in [5, 5.41) is 8.40. The zero-order valence-corrected chi connectivity index (χ0v) is 14.8. The number of rotatable bonds is 2. The Morgan fingerprint density at radius 3 is 2.62 bits per heavy atom. The van der Waals surface area contributed by atoms with Crippen LogP contribution in [0.15, 0.2) is 47.3 Å². The third-order valence-corrected chi connectivity index (χ3v) is 4.47. The summed E-state index contributed by atoms with van der Waals surface area (Å²) < 4.78 is 2.92. The number of hydrogen-bond acceptors (Lipinski definition) is 4. The number of hydrogen-bond donors (Lipinski definition) is 1. The molecule has 0 bridgehead atoms. The molecular formula is C18H14ClN5O2. The molecule has 0 spiro atoms. The van der Waals surface area contributed by atoms with Crippen LogP contribution in [0.2, 0.25) is 5.02 Å². The summed E-state index contributed by atoms with van der Waals surface area (Å²) in [6, 6.07) is 12.2. The van der Waals surface area contributed by atoms with Crippen LogP contribution in [0.5, 0.6) is 0 Å². The molecule has 2 aromatic heterocycles. The molecule has 4 rings (SSSR count). The summed E-state index contributed by atoms with van der Waals surface area (Å²) in [7, 11) is 3.31. The number of nitrogens with zero attached hydrogens (tertiary/aromatic N) is 4. The fourth-order valence-corrected chi connectivity index (χ4v) is 3.08. The van der Waals surface area contributed by atoms with Crippen molar-refractivity contribution < 1.29 is 4.79 Å². The van der Waals surface area contributed by atoms with E-state index in [-0.39, 0.29) is 11.3 Å². The average Bonchev–Trinajstić information content (AvgIpc) is 2.93. The summed E-state index contributed by atoms with van der Waals surface area (Å²) in [5.74, 6) is -0.0756. The van der Waals surface area contributed by atoms with E-state index in [9.17, 15) is 9.59 Å². The predicted molar refractivity (Wildman–Crippen MR) is 101 cm³/mol. The van der Waals surface area contributed by atoms with E-state index in [0.717, 1.165) is 10.2 Å². The van der Waals surface area contributed by atoms with Crippen molar-refractivity contribution in [3.63, 3.8) is 0 Å². The van der Waals surface area contributed by atoms with Crippen LogP contribution in [0.1, 0.15) is 10.5 Å². The zero-order valence-electron chi connectivity index (χ0n) is 14.0.